The molecule has 40 heavy (non-hydrogen) atoms. The van der Waals surface area contributed by atoms with Crippen molar-refractivity contribution < 1.29 is 23.5 Å². The zero-order chi connectivity index (χ0) is 29.6. The minimum absolute atomic E-state index is 0.00676. The van der Waals surface area contributed by atoms with Gasteiger partial charge >= 0.3 is 7.60 Å². The van der Waals surface area contributed by atoms with Gasteiger partial charge in [-0.1, -0.05) is 60.1 Å². The number of fused-ring (bicyclic) bond motifs is 7. The van der Waals surface area contributed by atoms with Crippen molar-refractivity contribution in [3.8, 4) is 0 Å². The van der Waals surface area contributed by atoms with Gasteiger partial charge in [0.1, 0.15) is 0 Å². The molecule has 0 aromatic rings. The SMILES string of the molecule is CCOP(=O)(OCC)C(=O)[C@]12CCC(C)(C)C[C@H]1C1=CC[C@@H]3[C@@]4(C)CC[C@H](O)C(C)(C)[C@@H]4CC[C@@]3(C)[C@]1(C)CC2. The third-order valence-electron chi connectivity index (χ3n) is 13.9. The molecule has 6 heteroatoms. The fourth-order valence-electron chi connectivity index (χ4n) is 11.4. The number of hydrogen-bond donors (Lipinski definition) is 1. The van der Waals surface area contributed by atoms with E-state index in [-0.39, 0.29) is 57.8 Å². The summed E-state index contributed by atoms with van der Waals surface area (Å²) in [6.07, 6.45) is 12.0. The van der Waals surface area contributed by atoms with Crippen LogP contribution in [0.4, 0.5) is 0 Å². The van der Waals surface area contributed by atoms with Gasteiger partial charge in [-0.15, -0.1) is 0 Å². The van der Waals surface area contributed by atoms with Crippen molar-refractivity contribution >= 4 is 13.1 Å². The van der Waals surface area contributed by atoms with E-state index in [2.05, 4.69) is 54.5 Å². The van der Waals surface area contributed by atoms with Crippen LogP contribution in [-0.4, -0.2) is 29.9 Å². The first kappa shape index (κ1) is 31.0. The average molecular weight is 577 g/mol. The standard InChI is InChI=1S/C34H57O5P/c1-10-38-40(37,39-11-2)28(36)34-20-18-29(3,4)22-24(34)23-12-13-26-31(7)16-15-27(35)30(5,6)25(31)14-17-33(26,9)32(23,8)19-21-34/h12,24-27,35H,10-11,13-22H2,1-9H3/t24-,25-,26+,27-,31-,32+,33+,34-/m0/s1. The number of carbonyl (C=O) groups is 1. The van der Waals surface area contributed by atoms with Crippen molar-refractivity contribution in [3.05, 3.63) is 11.6 Å². The summed E-state index contributed by atoms with van der Waals surface area (Å²) in [5.41, 5.74) is 0.904. The summed E-state index contributed by atoms with van der Waals surface area (Å²) in [4.78, 5) is 14.5. The minimum atomic E-state index is -3.88. The van der Waals surface area contributed by atoms with Gasteiger partial charge in [0.15, 0.2) is 0 Å². The van der Waals surface area contributed by atoms with E-state index in [1.165, 1.54) is 5.57 Å². The van der Waals surface area contributed by atoms with Gasteiger partial charge < -0.3 is 14.2 Å². The number of carbonyl (C=O) groups excluding carboxylic acids is 1. The minimum Gasteiger partial charge on any atom is -0.393 e. The largest absolute Gasteiger partial charge is 0.397 e. The van der Waals surface area contributed by atoms with Crippen molar-refractivity contribution in [1.29, 1.82) is 0 Å². The van der Waals surface area contributed by atoms with Crippen molar-refractivity contribution in [3.63, 3.8) is 0 Å². The number of aliphatic hydroxyl groups excluding tert-OH is 1. The maximum atomic E-state index is 14.5. The lowest BCUT2D eigenvalue weighted by atomic mass is 9.33. The molecule has 5 rings (SSSR count). The summed E-state index contributed by atoms with van der Waals surface area (Å²) in [7, 11) is -3.88. The van der Waals surface area contributed by atoms with Crippen LogP contribution in [0.1, 0.15) is 127 Å². The predicted molar refractivity (Wildman–Crippen MR) is 161 cm³/mol. The predicted octanol–water partition coefficient (Wildman–Crippen LogP) is 8.94. The van der Waals surface area contributed by atoms with Crippen LogP contribution in [0.3, 0.4) is 0 Å². The molecule has 0 aromatic heterocycles. The van der Waals surface area contributed by atoms with E-state index in [0.717, 1.165) is 64.2 Å². The quantitative estimate of drug-likeness (QED) is 0.252. The smallest absolute Gasteiger partial charge is 0.393 e. The van der Waals surface area contributed by atoms with Crippen LogP contribution in [-0.2, 0) is 18.4 Å². The molecule has 4 saturated carbocycles. The molecule has 0 unspecified atom stereocenters. The van der Waals surface area contributed by atoms with E-state index < -0.39 is 13.0 Å². The van der Waals surface area contributed by atoms with Crippen LogP contribution in [0.15, 0.2) is 11.6 Å². The van der Waals surface area contributed by atoms with Gasteiger partial charge in [0.2, 0.25) is 0 Å². The van der Waals surface area contributed by atoms with Gasteiger partial charge in [-0.05, 0) is 123 Å². The van der Waals surface area contributed by atoms with Crippen LogP contribution in [0.25, 0.3) is 0 Å². The Morgan fingerprint density at radius 2 is 1.52 bits per heavy atom. The van der Waals surface area contributed by atoms with Gasteiger partial charge in [-0.25, -0.2) is 0 Å². The molecular formula is C34H57O5P. The Balaban J connectivity index is 1.60. The highest BCUT2D eigenvalue weighted by molar-refractivity contribution is 7.72. The number of allylic oxidation sites excluding steroid dienone is 2. The van der Waals surface area contributed by atoms with Crippen LogP contribution in [0, 0.1) is 50.2 Å². The lowest BCUT2D eigenvalue weighted by molar-refractivity contribution is -0.203. The first-order valence-electron chi connectivity index (χ1n) is 16.3. The second-order valence-corrected chi connectivity index (χ2v) is 18.3. The molecular weight excluding hydrogens is 519 g/mol. The Labute approximate surface area is 244 Å². The zero-order valence-corrected chi connectivity index (χ0v) is 27.8. The third kappa shape index (κ3) is 4.10. The van der Waals surface area contributed by atoms with E-state index in [1.54, 1.807) is 13.8 Å². The normalized spacial score (nSPS) is 45.8. The Morgan fingerprint density at radius 3 is 2.15 bits per heavy atom. The molecule has 8 atom stereocenters. The van der Waals surface area contributed by atoms with Crippen LogP contribution < -0.4 is 0 Å². The summed E-state index contributed by atoms with van der Waals surface area (Å²) >= 11 is 0. The summed E-state index contributed by atoms with van der Waals surface area (Å²) in [6, 6.07) is 0. The Bertz CT molecular complexity index is 1100. The summed E-state index contributed by atoms with van der Waals surface area (Å²) in [5, 5.41) is 11.0. The van der Waals surface area contributed by atoms with Crippen molar-refractivity contribution in [1.82, 2.24) is 0 Å². The fourth-order valence-corrected chi connectivity index (χ4v) is 13.3. The lowest BCUT2D eigenvalue weighted by Crippen LogP contribution is -2.65. The second-order valence-electron chi connectivity index (χ2n) is 16.4. The number of hydrogen-bond acceptors (Lipinski definition) is 5. The summed E-state index contributed by atoms with van der Waals surface area (Å²) in [5.74, 6) is 1.14. The monoisotopic (exact) mass is 576 g/mol. The molecule has 0 heterocycles. The highest BCUT2D eigenvalue weighted by Gasteiger charge is 2.70. The van der Waals surface area contributed by atoms with Gasteiger partial charge in [0, 0.05) is 5.41 Å². The van der Waals surface area contributed by atoms with Gasteiger partial charge in [0.05, 0.1) is 19.3 Å². The third-order valence-corrected chi connectivity index (χ3v) is 16.0. The molecule has 0 radical (unpaired) electrons. The van der Waals surface area contributed by atoms with Crippen molar-refractivity contribution in [2.45, 2.75) is 133 Å². The van der Waals surface area contributed by atoms with Gasteiger partial charge in [-0.2, -0.15) is 0 Å². The maximum Gasteiger partial charge on any atom is 0.397 e. The highest BCUT2D eigenvalue weighted by Crippen LogP contribution is 2.77. The second kappa shape index (κ2) is 9.76. The molecule has 0 spiro atoms. The molecule has 4 fully saturated rings. The first-order chi connectivity index (χ1) is 18.5. The van der Waals surface area contributed by atoms with E-state index in [9.17, 15) is 14.5 Å². The Hall–Kier alpha value is -0.480. The summed E-state index contributed by atoms with van der Waals surface area (Å²) < 4.78 is 25.4. The van der Waals surface area contributed by atoms with Crippen LogP contribution >= 0.6 is 7.60 Å². The molecule has 5 aliphatic rings. The van der Waals surface area contributed by atoms with Crippen LogP contribution in [0.2, 0.25) is 0 Å². The molecule has 1 N–H and O–H groups in total. The molecule has 5 nitrogen and oxygen atoms in total. The highest BCUT2D eigenvalue weighted by atomic mass is 31.2. The number of aliphatic hydroxyl groups is 1. The zero-order valence-electron chi connectivity index (χ0n) is 26.9. The average Bonchev–Trinajstić information content (AvgIpc) is 2.86. The topological polar surface area (TPSA) is 72.8 Å². The molecule has 0 saturated heterocycles. The summed E-state index contributed by atoms with van der Waals surface area (Å²) in [6.45, 7) is 20.9. The van der Waals surface area contributed by atoms with E-state index in [0.29, 0.717) is 11.8 Å². The van der Waals surface area contributed by atoms with Crippen LogP contribution in [0.5, 0.6) is 0 Å². The van der Waals surface area contributed by atoms with E-state index >= 15 is 0 Å². The first-order valence-corrected chi connectivity index (χ1v) is 17.8. The Morgan fingerprint density at radius 1 is 0.900 bits per heavy atom. The molecule has 0 aromatic carbocycles. The van der Waals surface area contributed by atoms with Crippen molar-refractivity contribution in [2.75, 3.05) is 13.2 Å². The fraction of sp³-hybridized carbons (Fsp3) is 0.912. The maximum absolute atomic E-state index is 14.5. The van der Waals surface area contributed by atoms with E-state index in [4.69, 9.17) is 9.05 Å². The molecule has 0 bridgehead atoms. The Kier molecular flexibility index (Phi) is 7.56. The molecule has 5 aliphatic carbocycles. The lowest BCUT2D eigenvalue weighted by Gasteiger charge is -2.71. The molecule has 0 aliphatic heterocycles. The molecule has 228 valence electrons. The van der Waals surface area contributed by atoms with Crippen molar-refractivity contribution in [2.24, 2.45) is 50.2 Å². The molecule has 0 amide bonds. The number of rotatable bonds is 6. The van der Waals surface area contributed by atoms with E-state index in [1.807, 2.05) is 0 Å². The van der Waals surface area contributed by atoms with Gasteiger partial charge in [-0.3, -0.25) is 9.36 Å². The van der Waals surface area contributed by atoms with Gasteiger partial charge in [0.25, 0.3) is 5.52 Å².